The third-order valence-electron chi connectivity index (χ3n) is 4.67. The fourth-order valence-electron chi connectivity index (χ4n) is 3.16. The normalized spacial score (nSPS) is 14.8. The predicted molar refractivity (Wildman–Crippen MR) is 93.5 cm³/mol. The number of carboxylic acid groups (broad SMARTS) is 1. The maximum Gasteiger partial charge on any atom is 0.310 e. The molecule has 1 aliphatic rings. The number of carboxylic acids is 1. The maximum absolute atomic E-state index is 12.9. The van der Waals surface area contributed by atoms with E-state index in [0.29, 0.717) is 12.5 Å². The molecule has 124 valence electrons. The molecule has 2 aromatic rings. The van der Waals surface area contributed by atoms with Gasteiger partial charge in [0.25, 0.3) is 5.91 Å². The Kier molecular flexibility index (Phi) is 4.14. The topological polar surface area (TPSA) is 57.6 Å². The van der Waals surface area contributed by atoms with E-state index in [2.05, 4.69) is 13.8 Å². The predicted octanol–water partition coefficient (Wildman–Crippen LogP) is 4.16. The zero-order valence-electron chi connectivity index (χ0n) is 14.1. The molecule has 1 atom stereocenters. The molecule has 0 bridgehead atoms. The van der Waals surface area contributed by atoms with Gasteiger partial charge in [0.1, 0.15) is 0 Å². The van der Waals surface area contributed by atoms with Gasteiger partial charge in [-0.1, -0.05) is 44.2 Å². The number of benzene rings is 2. The van der Waals surface area contributed by atoms with Crippen molar-refractivity contribution < 1.29 is 14.7 Å². The van der Waals surface area contributed by atoms with Crippen LogP contribution in [0.4, 0.5) is 5.69 Å². The van der Waals surface area contributed by atoms with Crippen molar-refractivity contribution in [2.24, 2.45) is 0 Å². The van der Waals surface area contributed by atoms with Crippen LogP contribution in [0.3, 0.4) is 0 Å². The minimum Gasteiger partial charge on any atom is -0.481 e. The fraction of sp³-hybridized carbons (Fsp3) is 0.300. The van der Waals surface area contributed by atoms with Crippen molar-refractivity contribution in [1.29, 1.82) is 0 Å². The molecular weight excluding hydrogens is 302 g/mol. The number of fused-ring (bicyclic) bond motifs is 1. The standard InChI is InChI=1S/C20H21NO3/c1-12(2)17-6-4-5-15-11-21(19(22)18(15)17)16-9-7-14(8-10-16)13(3)20(23)24/h4-10,12-13H,11H2,1-3H3,(H,23,24). The Morgan fingerprint density at radius 1 is 1.08 bits per heavy atom. The van der Waals surface area contributed by atoms with Crippen LogP contribution in [-0.2, 0) is 11.3 Å². The number of anilines is 1. The second kappa shape index (κ2) is 6.11. The minimum atomic E-state index is -0.853. The second-order valence-corrected chi connectivity index (χ2v) is 6.58. The molecule has 0 fully saturated rings. The van der Waals surface area contributed by atoms with Crippen LogP contribution in [0.1, 0.15) is 59.7 Å². The lowest BCUT2D eigenvalue weighted by Gasteiger charge is -2.17. The smallest absolute Gasteiger partial charge is 0.310 e. The Morgan fingerprint density at radius 2 is 1.75 bits per heavy atom. The van der Waals surface area contributed by atoms with Gasteiger partial charge in [0.2, 0.25) is 0 Å². The van der Waals surface area contributed by atoms with E-state index in [4.69, 9.17) is 5.11 Å². The first-order valence-electron chi connectivity index (χ1n) is 8.16. The first-order valence-corrected chi connectivity index (χ1v) is 8.16. The molecule has 4 heteroatoms. The van der Waals surface area contributed by atoms with Gasteiger partial charge < -0.3 is 10.0 Å². The largest absolute Gasteiger partial charge is 0.481 e. The first kappa shape index (κ1) is 16.2. The van der Waals surface area contributed by atoms with Crippen molar-refractivity contribution in [2.45, 2.75) is 39.2 Å². The first-order chi connectivity index (χ1) is 11.4. The number of carbonyl (C=O) groups excluding carboxylic acids is 1. The van der Waals surface area contributed by atoms with Crippen LogP contribution >= 0.6 is 0 Å². The average Bonchev–Trinajstić information content (AvgIpc) is 2.91. The maximum atomic E-state index is 12.9. The quantitative estimate of drug-likeness (QED) is 0.919. The van der Waals surface area contributed by atoms with E-state index in [1.165, 1.54) is 0 Å². The number of nitrogens with zero attached hydrogens (tertiary/aromatic N) is 1. The van der Waals surface area contributed by atoms with Crippen LogP contribution < -0.4 is 4.90 Å². The minimum absolute atomic E-state index is 0.0216. The van der Waals surface area contributed by atoms with Crippen LogP contribution in [0.15, 0.2) is 42.5 Å². The number of hydrogen-bond donors (Lipinski definition) is 1. The fourth-order valence-corrected chi connectivity index (χ4v) is 3.16. The van der Waals surface area contributed by atoms with Crippen LogP contribution in [-0.4, -0.2) is 17.0 Å². The second-order valence-electron chi connectivity index (χ2n) is 6.58. The summed E-state index contributed by atoms with van der Waals surface area (Å²) < 4.78 is 0. The molecule has 1 heterocycles. The Labute approximate surface area is 141 Å². The van der Waals surface area contributed by atoms with Gasteiger partial charge in [0, 0.05) is 11.3 Å². The Balaban J connectivity index is 1.91. The molecule has 1 unspecified atom stereocenters. The molecule has 0 spiro atoms. The van der Waals surface area contributed by atoms with Gasteiger partial charge in [-0.15, -0.1) is 0 Å². The van der Waals surface area contributed by atoms with E-state index in [0.717, 1.165) is 27.9 Å². The summed E-state index contributed by atoms with van der Waals surface area (Å²) >= 11 is 0. The van der Waals surface area contributed by atoms with Gasteiger partial charge >= 0.3 is 5.97 Å². The van der Waals surface area contributed by atoms with Crippen molar-refractivity contribution >= 4 is 17.6 Å². The van der Waals surface area contributed by atoms with Gasteiger partial charge in [0.05, 0.1) is 12.5 Å². The lowest BCUT2D eigenvalue weighted by atomic mass is 9.95. The van der Waals surface area contributed by atoms with Crippen LogP contribution in [0.25, 0.3) is 0 Å². The van der Waals surface area contributed by atoms with E-state index in [-0.39, 0.29) is 5.91 Å². The molecule has 2 aromatic carbocycles. The summed E-state index contributed by atoms with van der Waals surface area (Å²) in [6, 6.07) is 13.2. The van der Waals surface area contributed by atoms with Gasteiger partial charge in [0.15, 0.2) is 0 Å². The summed E-state index contributed by atoms with van der Waals surface area (Å²) in [5.74, 6) is -1.09. The number of hydrogen-bond acceptors (Lipinski definition) is 2. The summed E-state index contributed by atoms with van der Waals surface area (Å²) in [5.41, 5.74) is 4.48. The van der Waals surface area contributed by atoms with E-state index < -0.39 is 11.9 Å². The number of carbonyl (C=O) groups is 2. The van der Waals surface area contributed by atoms with E-state index in [1.807, 2.05) is 30.3 Å². The molecule has 3 rings (SSSR count). The summed E-state index contributed by atoms with van der Waals surface area (Å²) in [5, 5.41) is 9.09. The van der Waals surface area contributed by atoms with Crippen molar-refractivity contribution in [2.75, 3.05) is 4.90 Å². The number of aliphatic carboxylic acids is 1. The zero-order chi connectivity index (χ0) is 17.4. The van der Waals surface area contributed by atoms with Gasteiger partial charge in [-0.2, -0.15) is 0 Å². The molecule has 0 saturated heterocycles. The summed E-state index contributed by atoms with van der Waals surface area (Å²) in [6.45, 7) is 6.40. The van der Waals surface area contributed by atoms with Gasteiger partial charge in [-0.25, -0.2) is 0 Å². The molecule has 24 heavy (non-hydrogen) atoms. The Hall–Kier alpha value is -2.62. The van der Waals surface area contributed by atoms with Gasteiger partial charge in [-0.05, 0) is 41.7 Å². The van der Waals surface area contributed by atoms with Crippen molar-refractivity contribution in [3.8, 4) is 0 Å². The van der Waals surface area contributed by atoms with Crippen molar-refractivity contribution in [3.05, 3.63) is 64.7 Å². The van der Waals surface area contributed by atoms with Crippen LogP contribution in [0.5, 0.6) is 0 Å². The highest BCUT2D eigenvalue weighted by atomic mass is 16.4. The highest BCUT2D eigenvalue weighted by molar-refractivity contribution is 6.11. The Morgan fingerprint density at radius 3 is 2.33 bits per heavy atom. The number of rotatable bonds is 4. The summed E-state index contributed by atoms with van der Waals surface area (Å²) in [6.07, 6.45) is 0. The summed E-state index contributed by atoms with van der Waals surface area (Å²) in [7, 11) is 0. The molecular formula is C20H21NO3. The van der Waals surface area contributed by atoms with E-state index in [1.54, 1.807) is 24.0 Å². The molecule has 0 aromatic heterocycles. The zero-order valence-corrected chi connectivity index (χ0v) is 14.1. The molecule has 1 N–H and O–H groups in total. The van der Waals surface area contributed by atoms with Gasteiger partial charge in [-0.3, -0.25) is 9.59 Å². The summed E-state index contributed by atoms with van der Waals surface area (Å²) in [4.78, 5) is 25.7. The SMILES string of the molecule is CC(C)c1cccc2c1C(=O)N(c1ccc(C(C)C(=O)O)cc1)C2. The third-order valence-corrected chi connectivity index (χ3v) is 4.67. The molecule has 4 nitrogen and oxygen atoms in total. The monoisotopic (exact) mass is 323 g/mol. The number of amides is 1. The van der Waals surface area contributed by atoms with Crippen LogP contribution in [0.2, 0.25) is 0 Å². The molecule has 0 aliphatic carbocycles. The lowest BCUT2D eigenvalue weighted by Crippen LogP contribution is -2.23. The average molecular weight is 323 g/mol. The third kappa shape index (κ3) is 2.68. The lowest BCUT2D eigenvalue weighted by molar-refractivity contribution is -0.138. The molecule has 0 radical (unpaired) electrons. The van der Waals surface area contributed by atoms with Crippen LogP contribution in [0, 0.1) is 0 Å². The molecule has 1 amide bonds. The van der Waals surface area contributed by atoms with E-state index in [9.17, 15) is 9.59 Å². The highest BCUT2D eigenvalue weighted by Gasteiger charge is 2.31. The van der Waals surface area contributed by atoms with E-state index >= 15 is 0 Å². The van der Waals surface area contributed by atoms with Crippen molar-refractivity contribution in [1.82, 2.24) is 0 Å². The highest BCUT2D eigenvalue weighted by Crippen LogP contribution is 2.33. The molecule has 0 saturated carbocycles. The Bertz CT molecular complexity index is 793. The van der Waals surface area contributed by atoms with Crippen molar-refractivity contribution in [3.63, 3.8) is 0 Å². The molecule has 1 aliphatic heterocycles.